The highest BCUT2D eigenvalue weighted by Crippen LogP contribution is 2.32. The Hall–Kier alpha value is -2.75. The van der Waals surface area contributed by atoms with Gasteiger partial charge < -0.3 is 4.90 Å². The predicted molar refractivity (Wildman–Crippen MR) is 84.7 cm³/mol. The molecule has 0 saturated carbocycles. The van der Waals surface area contributed by atoms with Gasteiger partial charge in [0.2, 0.25) is 0 Å². The number of aryl methyl sites for hydroxylation is 3. The molecule has 0 aliphatic carbocycles. The molecule has 3 heterocycles. The third-order valence-electron chi connectivity index (χ3n) is 3.62. The van der Waals surface area contributed by atoms with Crippen molar-refractivity contribution >= 4 is 17.1 Å². The Bertz CT molecular complexity index is 718. The Morgan fingerprint density at radius 3 is 1.55 bits per heavy atom. The van der Waals surface area contributed by atoms with Gasteiger partial charge in [0.25, 0.3) is 0 Å². The molecule has 0 aliphatic rings. The highest BCUT2D eigenvalue weighted by Gasteiger charge is 2.16. The van der Waals surface area contributed by atoms with Crippen molar-refractivity contribution in [1.82, 2.24) is 0 Å². The SMILES string of the molecule is C[n+]1ccc(N(c2cc[n+](C)cc2)c2ccc[n+](C)c2)cc1. The van der Waals surface area contributed by atoms with E-state index in [9.17, 15) is 0 Å². The first-order valence-corrected chi connectivity index (χ1v) is 7.29. The summed E-state index contributed by atoms with van der Waals surface area (Å²) < 4.78 is 6.14. The smallest absolute Gasteiger partial charge is 0.192 e. The van der Waals surface area contributed by atoms with Crippen LogP contribution in [0.4, 0.5) is 17.1 Å². The van der Waals surface area contributed by atoms with Crippen molar-refractivity contribution in [2.24, 2.45) is 21.1 Å². The average molecular weight is 293 g/mol. The number of anilines is 3. The van der Waals surface area contributed by atoms with E-state index >= 15 is 0 Å². The minimum atomic E-state index is 1.13. The minimum Gasteiger partial charge on any atom is -0.304 e. The zero-order chi connectivity index (χ0) is 15.5. The van der Waals surface area contributed by atoms with Crippen molar-refractivity contribution in [3.63, 3.8) is 0 Å². The Labute approximate surface area is 131 Å². The molecular weight excluding hydrogens is 272 g/mol. The fraction of sp³-hybridized carbons (Fsp3) is 0.167. The fourth-order valence-corrected chi connectivity index (χ4v) is 2.44. The Morgan fingerprint density at radius 2 is 1.09 bits per heavy atom. The summed E-state index contributed by atoms with van der Waals surface area (Å²) in [4.78, 5) is 2.25. The van der Waals surface area contributed by atoms with Crippen LogP contribution in [0.1, 0.15) is 0 Å². The molecule has 0 aromatic carbocycles. The van der Waals surface area contributed by atoms with Crippen molar-refractivity contribution in [2.75, 3.05) is 4.90 Å². The van der Waals surface area contributed by atoms with Gasteiger partial charge in [-0.05, 0) is 6.07 Å². The summed E-state index contributed by atoms with van der Waals surface area (Å²) in [6, 6.07) is 12.7. The molecule has 0 bridgehead atoms. The summed E-state index contributed by atoms with van der Waals surface area (Å²) in [6.45, 7) is 0. The lowest BCUT2D eigenvalue weighted by atomic mass is 10.2. The third kappa shape index (κ3) is 2.96. The molecule has 0 unspecified atom stereocenters. The second kappa shape index (κ2) is 5.93. The molecule has 0 saturated heterocycles. The highest BCUT2D eigenvalue weighted by molar-refractivity contribution is 5.74. The van der Waals surface area contributed by atoms with Crippen molar-refractivity contribution in [3.8, 4) is 0 Å². The van der Waals surface area contributed by atoms with Crippen LogP contribution in [-0.4, -0.2) is 0 Å². The molecule has 0 radical (unpaired) electrons. The van der Waals surface area contributed by atoms with Gasteiger partial charge in [-0.15, -0.1) is 0 Å². The van der Waals surface area contributed by atoms with Crippen LogP contribution in [0.3, 0.4) is 0 Å². The molecule has 22 heavy (non-hydrogen) atoms. The Kier molecular flexibility index (Phi) is 3.83. The van der Waals surface area contributed by atoms with Crippen molar-refractivity contribution in [1.29, 1.82) is 0 Å². The molecule has 3 aromatic heterocycles. The number of rotatable bonds is 3. The predicted octanol–water partition coefficient (Wildman–Crippen LogP) is 1.63. The standard InChI is InChI=1S/C18H21N4/c1-19-11-6-16(7-12-19)22(17-8-13-20(2)14-9-17)18-5-4-10-21(3)15-18/h4-15H,1-3H3/q+3. The summed E-state index contributed by atoms with van der Waals surface area (Å²) in [5.41, 5.74) is 3.41. The molecule has 0 N–H and O–H groups in total. The molecule has 0 fully saturated rings. The maximum absolute atomic E-state index is 2.25. The van der Waals surface area contributed by atoms with Crippen molar-refractivity contribution < 1.29 is 13.7 Å². The van der Waals surface area contributed by atoms with Gasteiger partial charge in [-0.3, -0.25) is 0 Å². The van der Waals surface area contributed by atoms with E-state index in [-0.39, 0.29) is 0 Å². The summed E-state index contributed by atoms with van der Waals surface area (Å²) in [5, 5.41) is 0. The normalized spacial score (nSPS) is 10.5. The lowest BCUT2D eigenvalue weighted by molar-refractivity contribution is -0.671. The first-order chi connectivity index (χ1) is 10.6. The first kappa shape index (κ1) is 14.2. The molecule has 0 aliphatic heterocycles. The van der Waals surface area contributed by atoms with Gasteiger partial charge in [-0.1, -0.05) is 0 Å². The molecule has 0 spiro atoms. The number of pyridine rings is 3. The second-order valence-corrected chi connectivity index (χ2v) is 5.51. The van der Waals surface area contributed by atoms with E-state index in [0.717, 1.165) is 17.1 Å². The molecule has 3 aromatic rings. The molecule has 4 nitrogen and oxygen atoms in total. The van der Waals surface area contributed by atoms with Crippen LogP contribution in [0, 0.1) is 0 Å². The van der Waals surface area contributed by atoms with Crippen molar-refractivity contribution in [2.45, 2.75) is 0 Å². The lowest BCUT2D eigenvalue weighted by Crippen LogP contribution is -2.29. The van der Waals surface area contributed by atoms with Gasteiger partial charge >= 0.3 is 0 Å². The highest BCUT2D eigenvalue weighted by atomic mass is 15.2. The van der Waals surface area contributed by atoms with Gasteiger partial charge in [-0.25, -0.2) is 13.7 Å². The van der Waals surface area contributed by atoms with Crippen LogP contribution in [0.2, 0.25) is 0 Å². The zero-order valence-electron chi connectivity index (χ0n) is 13.2. The van der Waals surface area contributed by atoms with E-state index in [1.54, 1.807) is 0 Å². The topological polar surface area (TPSA) is 14.9 Å². The van der Waals surface area contributed by atoms with Gasteiger partial charge in [0.15, 0.2) is 37.2 Å². The molecule has 3 rings (SSSR count). The quantitative estimate of drug-likeness (QED) is 0.670. The van der Waals surface area contributed by atoms with E-state index in [1.165, 1.54) is 0 Å². The summed E-state index contributed by atoms with van der Waals surface area (Å²) in [6.07, 6.45) is 12.4. The third-order valence-corrected chi connectivity index (χ3v) is 3.62. The minimum absolute atomic E-state index is 1.13. The first-order valence-electron chi connectivity index (χ1n) is 7.29. The van der Waals surface area contributed by atoms with Gasteiger partial charge in [0.1, 0.15) is 26.8 Å². The van der Waals surface area contributed by atoms with E-state index in [2.05, 4.69) is 76.8 Å². The number of aromatic nitrogens is 3. The largest absolute Gasteiger partial charge is 0.304 e. The van der Waals surface area contributed by atoms with Crippen LogP contribution in [0.5, 0.6) is 0 Å². The van der Waals surface area contributed by atoms with Crippen LogP contribution in [0.25, 0.3) is 0 Å². The second-order valence-electron chi connectivity index (χ2n) is 5.51. The van der Waals surface area contributed by atoms with E-state index in [1.807, 2.05) is 36.5 Å². The number of nitrogens with zero attached hydrogens (tertiary/aromatic N) is 4. The van der Waals surface area contributed by atoms with Crippen LogP contribution >= 0.6 is 0 Å². The van der Waals surface area contributed by atoms with E-state index in [4.69, 9.17) is 0 Å². The van der Waals surface area contributed by atoms with E-state index in [0.29, 0.717) is 0 Å². The summed E-state index contributed by atoms with van der Waals surface area (Å²) in [5.74, 6) is 0. The zero-order valence-corrected chi connectivity index (χ0v) is 13.2. The number of hydrogen-bond donors (Lipinski definition) is 0. The van der Waals surface area contributed by atoms with Crippen LogP contribution in [-0.2, 0) is 21.1 Å². The molecule has 0 amide bonds. The average Bonchev–Trinajstić information content (AvgIpc) is 2.51. The Balaban J connectivity index is 2.13. The van der Waals surface area contributed by atoms with Crippen LogP contribution < -0.4 is 18.6 Å². The lowest BCUT2D eigenvalue weighted by Gasteiger charge is -2.22. The Morgan fingerprint density at radius 1 is 0.591 bits per heavy atom. The maximum atomic E-state index is 2.25. The van der Waals surface area contributed by atoms with Crippen molar-refractivity contribution in [3.05, 3.63) is 73.6 Å². The van der Waals surface area contributed by atoms with Gasteiger partial charge in [0.05, 0.1) is 11.4 Å². The monoisotopic (exact) mass is 293 g/mol. The molecule has 4 heteroatoms. The van der Waals surface area contributed by atoms with E-state index < -0.39 is 0 Å². The summed E-state index contributed by atoms with van der Waals surface area (Å²) >= 11 is 0. The molecular formula is C18H21N4+3. The molecule has 110 valence electrons. The maximum Gasteiger partial charge on any atom is 0.192 e. The fourth-order valence-electron chi connectivity index (χ4n) is 2.44. The van der Waals surface area contributed by atoms with Crippen LogP contribution in [0.15, 0.2) is 73.6 Å². The molecule has 0 atom stereocenters. The number of hydrogen-bond acceptors (Lipinski definition) is 1. The van der Waals surface area contributed by atoms with Gasteiger partial charge in [0, 0.05) is 30.3 Å². The van der Waals surface area contributed by atoms with Gasteiger partial charge in [-0.2, -0.15) is 0 Å². The summed E-state index contributed by atoms with van der Waals surface area (Å²) in [7, 11) is 6.09.